The first-order valence-electron chi connectivity index (χ1n) is 6.24. The normalized spacial score (nSPS) is 12.2. The van der Waals surface area contributed by atoms with Gasteiger partial charge < -0.3 is 10.1 Å². The molecule has 0 fully saturated rings. The van der Waals surface area contributed by atoms with Gasteiger partial charge in [-0.1, -0.05) is 0 Å². The molecule has 4 nitrogen and oxygen atoms in total. The summed E-state index contributed by atoms with van der Waals surface area (Å²) in [5, 5.41) is 10.9. The largest absolute Gasteiger partial charge is 0.480 e. The third-order valence-corrected chi connectivity index (χ3v) is 3.73. The maximum absolute atomic E-state index is 14.0. The molecule has 0 saturated heterocycles. The second kappa shape index (κ2) is 6.91. The standard InChI is InChI=1S/C14H14BrF2N3O/c1-18-12(11-5-6-13(21-2)20-19-11)7-8-10(16)4-3-9(15)14(8)17/h3-6,12,18H,7H2,1-2H3. The van der Waals surface area contributed by atoms with Gasteiger partial charge in [-0.05, 0) is 47.6 Å². The summed E-state index contributed by atoms with van der Waals surface area (Å²) in [7, 11) is 3.19. The summed E-state index contributed by atoms with van der Waals surface area (Å²) in [6, 6.07) is 5.58. The highest BCUT2D eigenvalue weighted by Gasteiger charge is 2.19. The molecule has 0 radical (unpaired) electrons. The second-order valence-corrected chi connectivity index (χ2v) is 5.22. The number of benzene rings is 1. The van der Waals surface area contributed by atoms with E-state index in [2.05, 4.69) is 31.4 Å². The topological polar surface area (TPSA) is 47.0 Å². The number of rotatable bonds is 5. The van der Waals surface area contributed by atoms with Gasteiger partial charge in [0.2, 0.25) is 5.88 Å². The van der Waals surface area contributed by atoms with Crippen LogP contribution in [0.25, 0.3) is 0 Å². The van der Waals surface area contributed by atoms with Crippen LogP contribution in [0.2, 0.25) is 0 Å². The van der Waals surface area contributed by atoms with Crippen LogP contribution >= 0.6 is 15.9 Å². The zero-order chi connectivity index (χ0) is 15.4. The monoisotopic (exact) mass is 357 g/mol. The van der Waals surface area contributed by atoms with Crippen LogP contribution in [0, 0.1) is 11.6 Å². The van der Waals surface area contributed by atoms with Gasteiger partial charge in [-0.2, -0.15) is 5.10 Å². The van der Waals surface area contributed by atoms with Gasteiger partial charge in [-0.25, -0.2) is 8.78 Å². The van der Waals surface area contributed by atoms with Crippen molar-refractivity contribution in [3.8, 4) is 5.88 Å². The minimum Gasteiger partial charge on any atom is -0.480 e. The Morgan fingerprint density at radius 2 is 2.00 bits per heavy atom. The molecule has 2 rings (SSSR count). The molecular weight excluding hydrogens is 344 g/mol. The Kier molecular flexibility index (Phi) is 5.19. The molecule has 0 aliphatic carbocycles. The zero-order valence-electron chi connectivity index (χ0n) is 11.5. The van der Waals surface area contributed by atoms with E-state index in [-0.39, 0.29) is 22.5 Å². The predicted octanol–water partition coefficient (Wildman–Crippen LogP) is 3.03. The maximum Gasteiger partial charge on any atom is 0.233 e. The van der Waals surface area contributed by atoms with Crippen molar-refractivity contribution < 1.29 is 13.5 Å². The fraction of sp³-hybridized carbons (Fsp3) is 0.286. The van der Waals surface area contributed by atoms with E-state index in [1.165, 1.54) is 19.2 Å². The summed E-state index contributed by atoms with van der Waals surface area (Å²) in [5.41, 5.74) is 0.582. The first-order chi connectivity index (χ1) is 10.1. The first kappa shape index (κ1) is 15.8. The number of likely N-dealkylation sites (N-methyl/N-ethyl adjacent to an activating group) is 1. The number of nitrogens with one attached hydrogen (secondary N) is 1. The molecule has 2 aromatic rings. The molecule has 0 aliphatic heterocycles. The van der Waals surface area contributed by atoms with E-state index in [4.69, 9.17) is 4.74 Å². The Morgan fingerprint density at radius 1 is 1.24 bits per heavy atom. The van der Waals surface area contributed by atoms with Gasteiger partial charge >= 0.3 is 0 Å². The van der Waals surface area contributed by atoms with Crippen LogP contribution in [0.4, 0.5) is 8.78 Å². The number of ether oxygens (including phenoxy) is 1. The van der Waals surface area contributed by atoms with Crippen molar-refractivity contribution in [1.82, 2.24) is 15.5 Å². The maximum atomic E-state index is 14.0. The van der Waals surface area contributed by atoms with Gasteiger partial charge in [0, 0.05) is 11.6 Å². The van der Waals surface area contributed by atoms with E-state index in [0.29, 0.717) is 11.6 Å². The summed E-state index contributed by atoms with van der Waals surface area (Å²) in [6.45, 7) is 0. The Morgan fingerprint density at radius 3 is 2.57 bits per heavy atom. The fourth-order valence-corrected chi connectivity index (χ4v) is 2.31. The average Bonchev–Trinajstić information content (AvgIpc) is 2.52. The summed E-state index contributed by atoms with van der Waals surface area (Å²) in [4.78, 5) is 0. The lowest BCUT2D eigenvalue weighted by molar-refractivity contribution is 0.389. The summed E-state index contributed by atoms with van der Waals surface area (Å²) < 4.78 is 33.0. The van der Waals surface area contributed by atoms with Crippen molar-refractivity contribution in [3.05, 3.63) is 51.6 Å². The van der Waals surface area contributed by atoms with Gasteiger partial charge in [0.05, 0.1) is 23.3 Å². The molecule has 1 aromatic heterocycles. The minimum absolute atomic E-state index is 0.00124. The number of methoxy groups -OCH3 is 1. The molecule has 0 aliphatic rings. The molecule has 0 spiro atoms. The molecule has 1 unspecified atom stereocenters. The van der Waals surface area contributed by atoms with E-state index in [0.717, 1.165) is 0 Å². The van der Waals surface area contributed by atoms with Crippen molar-refractivity contribution in [2.45, 2.75) is 12.5 Å². The van der Waals surface area contributed by atoms with Crippen LogP contribution in [0.15, 0.2) is 28.7 Å². The van der Waals surface area contributed by atoms with E-state index >= 15 is 0 Å². The lowest BCUT2D eigenvalue weighted by Gasteiger charge is -2.16. The zero-order valence-corrected chi connectivity index (χ0v) is 13.1. The molecule has 1 N–H and O–H groups in total. The van der Waals surface area contributed by atoms with Crippen molar-refractivity contribution in [3.63, 3.8) is 0 Å². The number of aromatic nitrogens is 2. The SMILES string of the molecule is CNC(Cc1c(F)ccc(Br)c1F)c1ccc(OC)nn1. The van der Waals surface area contributed by atoms with E-state index in [1.807, 2.05) is 0 Å². The first-order valence-corrected chi connectivity index (χ1v) is 7.03. The molecule has 7 heteroatoms. The van der Waals surface area contributed by atoms with Crippen LogP contribution < -0.4 is 10.1 Å². The Bertz CT molecular complexity index is 622. The highest BCUT2D eigenvalue weighted by molar-refractivity contribution is 9.10. The molecule has 0 amide bonds. The molecule has 0 bridgehead atoms. The van der Waals surface area contributed by atoms with E-state index < -0.39 is 11.6 Å². The number of halogens is 3. The van der Waals surface area contributed by atoms with Crippen LogP contribution in [-0.4, -0.2) is 24.4 Å². The molecule has 1 heterocycles. The fourth-order valence-electron chi connectivity index (χ4n) is 1.94. The van der Waals surface area contributed by atoms with Gasteiger partial charge in [-0.15, -0.1) is 5.10 Å². The smallest absolute Gasteiger partial charge is 0.233 e. The third kappa shape index (κ3) is 3.54. The lowest BCUT2D eigenvalue weighted by Crippen LogP contribution is -2.21. The van der Waals surface area contributed by atoms with Crippen LogP contribution in [0.1, 0.15) is 17.3 Å². The van der Waals surface area contributed by atoms with Crippen molar-refractivity contribution in [2.75, 3.05) is 14.2 Å². The third-order valence-electron chi connectivity index (χ3n) is 3.12. The summed E-state index contributed by atoms with van der Waals surface area (Å²) in [5.74, 6) is -0.803. The average molecular weight is 358 g/mol. The van der Waals surface area contributed by atoms with E-state index in [1.54, 1.807) is 19.2 Å². The van der Waals surface area contributed by atoms with Crippen LogP contribution in [0.3, 0.4) is 0 Å². The van der Waals surface area contributed by atoms with Gasteiger partial charge in [0.25, 0.3) is 0 Å². The lowest BCUT2D eigenvalue weighted by atomic mass is 10.0. The Balaban J connectivity index is 2.28. The van der Waals surface area contributed by atoms with E-state index in [9.17, 15) is 8.78 Å². The molecule has 1 aromatic carbocycles. The molecule has 21 heavy (non-hydrogen) atoms. The minimum atomic E-state index is -0.600. The number of nitrogens with zero attached hydrogens (tertiary/aromatic N) is 2. The van der Waals surface area contributed by atoms with Crippen LogP contribution in [0.5, 0.6) is 5.88 Å². The molecule has 0 saturated carbocycles. The highest BCUT2D eigenvalue weighted by Crippen LogP contribution is 2.26. The van der Waals surface area contributed by atoms with Gasteiger partial charge in [0.15, 0.2) is 0 Å². The summed E-state index contributed by atoms with van der Waals surface area (Å²) >= 11 is 3.06. The van der Waals surface area contributed by atoms with Crippen molar-refractivity contribution in [1.29, 1.82) is 0 Å². The Labute approximate surface area is 129 Å². The van der Waals surface area contributed by atoms with Crippen molar-refractivity contribution >= 4 is 15.9 Å². The number of hydrogen-bond donors (Lipinski definition) is 1. The predicted molar refractivity (Wildman–Crippen MR) is 78.1 cm³/mol. The quantitative estimate of drug-likeness (QED) is 0.835. The Hall–Kier alpha value is -1.60. The number of hydrogen-bond acceptors (Lipinski definition) is 4. The molecular formula is C14H14BrF2N3O. The highest BCUT2D eigenvalue weighted by atomic mass is 79.9. The van der Waals surface area contributed by atoms with Gasteiger partial charge in [0.1, 0.15) is 11.6 Å². The van der Waals surface area contributed by atoms with Crippen LogP contribution in [-0.2, 0) is 6.42 Å². The second-order valence-electron chi connectivity index (χ2n) is 4.37. The molecule has 1 atom stereocenters. The molecule has 112 valence electrons. The summed E-state index contributed by atoms with van der Waals surface area (Å²) in [6.07, 6.45) is 0.120. The van der Waals surface area contributed by atoms with Crippen molar-refractivity contribution in [2.24, 2.45) is 0 Å². The van der Waals surface area contributed by atoms with Gasteiger partial charge in [-0.3, -0.25) is 0 Å².